The number of anilines is 2. The van der Waals surface area contributed by atoms with Crippen molar-refractivity contribution in [3.05, 3.63) is 93.5 Å². The Morgan fingerprint density at radius 2 is 1.69 bits per heavy atom. The summed E-state index contributed by atoms with van der Waals surface area (Å²) in [5, 5.41) is 13.5. The molecule has 0 fully saturated rings. The first-order valence-corrected chi connectivity index (χ1v) is 10.1. The average molecular weight is 432 g/mol. The number of carbonyl (C=O) groups is 1. The van der Waals surface area contributed by atoms with E-state index in [4.69, 9.17) is 11.6 Å². The van der Waals surface area contributed by atoms with Crippen molar-refractivity contribution in [1.29, 1.82) is 0 Å². The SMILES string of the molecule is O=C(Nc1cc([N+](=O)[O-])ccc1Cl)c1cccc(S(=O)(=O)Nc2ccccc2)c1. The van der Waals surface area contributed by atoms with Crippen molar-refractivity contribution in [2.24, 2.45) is 0 Å². The van der Waals surface area contributed by atoms with E-state index in [1.54, 1.807) is 30.3 Å². The van der Waals surface area contributed by atoms with Gasteiger partial charge in [-0.3, -0.25) is 19.6 Å². The average Bonchev–Trinajstić information content (AvgIpc) is 2.70. The van der Waals surface area contributed by atoms with Gasteiger partial charge in [-0.2, -0.15) is 0 Å². The van der Waals surface area contributed by atoms with Gasteiger partial charge >= 0.3 is 0 Å². The van der Waals surface area contributed by atoms with E-state index in [0.29, 0.717) is 5.69 Å². The predicted octanol–water partition coefficient (Wildman–Crippen LogP) is 4.30. The van der Waals surface area contributed by atoms with E-state index >= 15 is 0 Å². The molecular weight excluding hydrogens is 418 g/mol. The van der Waals surface area contributed by atoms with Crippen molar-refractivity contribution < 1.29 is 18.1 Å². The second-order valence-corrected chi connectivity index (χ2v) is 7.96. The molecule has 0 bridgehead atoms. The zero-order valence-corrected chi connectivity index (χ0v) is 16.3. The van der Waals surface area contributed by atoms with Gasteiger partial charge in [0.1, 0.15) is 0 Å². The molecule has 3 aromatic carbocycles. The van der Waals surface area contributed by atoms with Gasteiger partial charge in [-0.15, -0.1) is 0 Å². The summed E-state index contributed by atoms with van der Waals surface area (Å²) < 4.78 is 27.6. The lowest BCUT2D eigenvalue weighted by Crippen LogP contribution is -2.16. The summed E-state index contributed by atoms with van der Waals surface area (Å²) in [6.07, 6.45) is 0. The van der Waals surface area contributed by atoms with E-state index in [0.717, 1.165) is 6.07 Å². The summed E-state index contributed by atoms with van der Waals surface area (Å²) in [7, 11) is -3.91. The number of nitrogens with zero attached hydrogens (tertiary/aromatic N) is 1. The van der Waals surface area contributed by atoms with Crippen molar-refractivity contribution in [3.63, 3.8) is 0 Å². The molecule has 10 heteroatoms. The lowest BCUT2D eigenvalue weighted by atomic mass is 10.2. The fraction of sp³-hybridized carbons (Fsp3) is 0. The van der Waals surface area contributed by atoms with Crippen LogP contribution in [-0.4, -0.2) is 19.2 Å². The van der Waals surface area contributed by atoms with Crippen LogP contribution < -0.4 is 10.0 Å². The molecule has 1 amide bonds. The molecule has 29 heavy (non-hydrogen) atoms. The number of sulfonamides is 1. The third-order valence-corrected chi connectivity index (χ3v) is 5.55. The fourth-order valence-electron chi connectivity index (χ4n) is 2.44. The molecule has 0 heterocycles. The largest absolute Gasteiger partial charge is 0.320 e. The monoisotopic (exact) mass is 431 g/mol. The van der Waals surface area contributed by atoms with E-state index in [9.17, 15) is 23.3 Å². The number of nitro groups is 1. The van der Waals surface area contributed by atoms with Gasteiger partial charge in [-0.25, -0.2) is 8.42 Å². The number of amides is 1. The van der Waals surface area contributed by atoms with Gasteiger partial charge in [0.05, 0.1) is 20.5 Å². The lowest BCUT2D eigenvalue weighted by molar-refractivity contribution is -0.384. The molecule has 2 N–H and O–H groups in total. The van der Waals surface area contributed by atoms with Gasteiger partial charge in [-0.05, 0) is 36.4 Å². The van der Waals surface area contributed by atoms with Crippen molar-refractivity contribution >= 4 is 44.6 Å². The molecule has 0 aliphatic rings. The van der Waals surface area contributed by atoms with Crippen LogP contribution in [0, 0.1) is 10.1 Å². The fourth-order valence-corrected chi connectivity index (χ4v) is 3.71. The Hall–Kier alpha value is -3.43. The lowest BCUT2D eigenvalue weighted by Gasteiger charge is -2.10. The zero-order valence-electron chi connectivity index (χ0n) is 14.7. The van der Waals surface area contributed by atoms with Crippen LogP contribution in [0.3, 0.4) is 0 Å². The number of para-hydroxylation sites is 1. The molecule has 0 aromatic heterocycles. The molecule has 0 radical (unpaired) electrons. The number of hydrogen-bond donors (Lipinski definition) is 2. The van der Waals surface area contributed by atoms with Crippen LogP contribution >= 0.6 is 11.6 Å². The van der Waals surface area contributed by atoms with Crippen LogP contribution in [0.5, 0.6) is 0 Å². The van der Waals surface area contributed by atoms with Gasteiger partial charge in [0.15, 0.2) is 0 Å². The quantitative estimate of drug-likeness (QED) is 0.445. The standard InChI is InChI=1S/C19H14ClN3O5S/c20-17-10-9-15(23(25)26)12-18(17)21-19(24)13-5-4-8-16(11-13)29(27,28)22-14-6-2-1-3-7-14/h1-12,22H,(H,21,24). The molecule has 0 saturated carbocycles. The van der Waals surface area contributed by atoms with Gasteiger partial charge < -0.3 is 5.32 Å². The highest BCUT2D eigenvalue weighted by Gasteiger charge is 2.18. The molecular formula is C19H14ClN3O5S. The number of carbonyl (C=O) groups excluding carboxylic acids is 1. The number of benzene rings is 3. The van der Waals surface area contributed by atoms with Crippen LogP contribution in [0.1, 0.15) is 10.4 Å². The Kier molecular flexibility index (Phi) is 5.81. The van der Waals surface area contributed by atoms with Crippen LogP contribution in [0.25, 0.3) is 0 Å². The third kappa shape index (κ3) is 4.89. The Balaban J connectivity index is 1.85. The van der Waals surface area contributed by atoms with E-state index < -0.39 is 20.9 Å². The van der Waals surface area contributed by atoms with E-state index in [1.165, 1.54) is 36.4 Å². The molecule has 0 aliphatic heterocycles. The van der Waals surface area contributed by atoms with Gasteiger partial charge in [-0.1, -0.05) is 35.9 Å². The van der Waals surface area contributed by atoms with Crippen molar-refractivity contribution in [2.75, 3.05) is 10.0 Å². The normalized spacial score (nSPS) is 10.9. The summed E-state index contributed by atoms with van der Waals surface area (Å²) in [6.45, 7) is 0. The highest BCUT2D eigenvalue weighted by molar-refractivity contribution is 7.92. The molecule has 0 unspecified atom stereocenters. The van der Waals surface area contributed by atoms with Crippen molar-refractivity contribution in [1.82, 2.24) is 0 Å². The molecule has 3 aromatic rings. The van der Waals surface area contributed by atoms with E-state index in [1.807, 2.05) is 0 Å². The maximum atomic E-state index is 12.6. The third-order valence-electron chi connectivity index (χ3n) is 3.84. The summed E-state index contributed by atoms with van der Waals surface area (Å²) in [5.41, 5.74) is 0.226. The topological polar surface area (TPSA) is 118 Å². The Morgan fingerprint density at radius 1 is 0.966 bits per heavy atom. The van der Waals surface area contributed by atoms with Gasteiger partial charge in [0.2, 0.25) is 0 Å². The minimum absolute atomic E-state index is 0.0431. The number of rotatable bonds is 6. The second-order valence-electron chi connectivity index (χ2n) is 5.87. The second kappa shape index (κ2) is 8.29. The number of halogens is 1. The minimum Gasteiger partial charge on any atom is -0.320 e. The maximum absolute atomic E-state index is 12.6. The minimum atomic E-state index is -3.91. The number of hydrogen-bond acceptors (Lipinski definition) is 5. The number of non-ortho nitro benzene ring substituents is 1. The zero-order chi connectivity index (χ0) is 21.0. The van der Waals surface area contributed by atoms with E-state index in [-0.39, 0.29) is 26.9 Å². The van der Waals surface area contributed by atoms with Crippen LogP contribution in [0.4, 0.5) is 17.1 Å². The summed E-state index contributed by atoms with van der Waals surface area (Å²) in [5.74, 6) is -0.663. The molecule has 3 rings (SSSR count). The van der Waals surface area contributed by atoms with E-state index in [2.05, 4.69) is 10.0 Å². The van der Waals surface area contributed by atoms with Crippen LogP contribution in [-0.2, 0) is 10.0 Å². The first-order valence-electron chi connectivity index (χ1n) is 8.19. The molecule has 8 nitrogen and oxygen atoms in total. The van der Waals surface area contributed by atoms with Gasteiger partial charge in [0.25, 0.3) is 21.6 Å². The Bertz CT molecular complexity index is 1180. The molecule has 0 aliphatic carbocycles. The Labute approximate surface area is 171 Å². The number of nitrogens with one attached hydrogen (secondary N) is 2. The molecule has 0 spiro atoms. The highest BCUT2D eigenvalue weighted by atomic mass is 35.5. The van der Waals surface area contributed by atoms with Crippen molar-refractivity contribution in [3.8, 4) is 0 Å². The van der Waals surface area contributed by atoms with Crippen LogP contribution in [0.15, 0.2) is 77.7 Å². The molecule has 0 saturated heterocycles. The predicted molar refractivity (Wildman–Crippen MR) is 110 cm³/mol. The summed E-state index contributed by atoms with van der Waals surface area (Å²) >= 11 is 5.98. The smallest absolute Gasteiger partial charge is 0.271 e. The molecule has 0 atom stereocenters. The first-order chi connectivity index (χ1) is 13.8. The highest BCUT2D eigenvalue weighted by Crippen LogP contribution is 2.27. The summed E-state index contributed by atoms with van der Waals surface area (Å²) in [4.78, 5) is 22.7. The van der Waals surface area contributed by atoms with Crippen LogP contribution in [0.2, 0.25) is 5.02 Å². The van der Waals surface area contributed by atoms with Crippen molar-refractivity contribution in [2.45, 2.75) is 4.90 Å². The Morgan fingerprint density at radius 3 is 2.38 bits per heavy atom. The van der Waals surface area contributed by atoms with Gasteiger partial charge in [0, 0.05) is 23.4 Å². The first kappa shape index (κ1) is 20.3. The summed E-state index contributed by atoms with van der Waals surface area (Å²) in [6, 6.07) is 17.3. The number of nitro benzene ring substituents is 1. The molecule has 148 valence electrons. The maximum Gasteiger partial charge on any atom is 0.271 e.